The molecule has 2 heterocycles. The van der Waals surface area contributed by atoms with Crippen molar-refractivity contribution >= 4 is 17.6 Å². The molecule has 0 amide bonds. The summed E-state index contributed by atoms with van der Waals surface area (Å²) in [5.74, 6) is 0.0858. The number of nitrogens with one attached hydrogen (secondary N) is 1. The molecule has 1 aromatic heterocycles. The molecule has 2 rings (SSSR count). The standard InChI is InChI=1S/C11H15N3OS/c12-10(13)9-2-1-5-14-11(9)16-8-3-6-15-7-4-8/h1-2,5,8H,3-4,6-7H2,(H3,12,13). The smallest absolute Gasteiger partial charge is 0.125 e. The van der Waals surface area contributed by atoms with E-state index in [2.05, 4.69) is 4.98 Å². The second-order valence-electron chi connectivity index (χ2n) is 3.70. The van der Waals surface area contributed by atoms with Crippen molar-refractivity contribution in [1.29, 1.82) is 5.41 Å². The van der Waals surface area contributed by atoms with E-state index < -0.39 is 0 Å². The Morgan fingerprint density at radius 1 is 1.50 bits per heavy atom. The quantitative estimate of drug-likeness (QED) is 0.619. The van der Waals surface area contributed by atoms with Crippen molar-refractivity contribution in [3.63, 3.8) is 0 Å². The fraction of sp³-hybridized carbons (Fsp3) is 0.455. The van der Waals surface area contributed by atoms with Gasteiger partial charge in [0.05, 0.1) is 0 Å². The molecule has 0 bridgehead atoms. The molecule has 1 aliphatic rings. The average molecular weight is 237 g/mol. The average Bonchev–Trinajstić information content (AvgIpc) is 2.31. The topological polar surface area (TPSA) is 72.0 Å². The third kappa shape index (κ3) is 2.74. The first-order chi connectivity index (χ1) is 7.77. The number of nitrogens with two attached hydrogens (primary N) is 1. The van der Waals surface area contributed by atoms with Crippen molar-refractivity contribution in [2.24, 2.45) is 5.73 Å². The Bertz CT molecular complexity index is 377. The number of nitrogens with zero attached hydrogens (tertiary/aromatic N) is 1. The molecule has 0 atom stereocenters. The van der Waals surface area contributed by atoms with Gasteiger partial charge in [0.2, 0.25) is 0 Å². The Labute approximate surface area is 99.1 Å². The van der Waals surface area contributed by atoms with Crippen LogP contribution in [-0.4, -0.2) is 29.3 Å². The highest BCUT2D eigenvalue weighted by Gasteiger charge is 2.17. The van der Waals surface area contributed by atoms with Gasteiger partial charge in [-0.15, -0.1) is 11.8 Å². The molecule has 3 N–H and O–H groups in total. The van der Waals surface area contributed by atoms with E-state index in [1.807, 2.05) is 12.1 Å². The Kier molecular flexibility index (Phi) is 3.79. The summed E-state index contributed by atoms with van der Waals surface area (Å²) in [6.07, 6.45) is 3.82. The van der Waals surface area contributed by atoms with E-state index in [1.165, 1.54) is 0 Å². The molecule has 0 aromatic carbocycles. The van der Waals surface area contributed by atoms with Gasteiger partial charge < -0.3 is 10.5 Å². The number of nitrogen functional groups attached to an aromatic ring is 1. The maximum Gasteiger partial charge on any atom is 0.125 e. The summed E-state index contributed by atoms with van der Waals surface area (Å²) >= 11 is 1.71. The molecule has 0 unspecified atom stereocenters. The zero-order chi connectivity index (χ0) is 11.4. The second-order valence-corrected chi connectivity index (χ2v) is 4.99. The first-order valence-corrected chi connectivity index (χ1v) is 6.19. The number of ether oxygens (including phenoxy) is 1. The van der Waals surface area contributed by atoms with Crippen LogP contribution in [0.25, 0.3) is 0 Å². The molecule has 1 aromatic rings. The van der Waals surface area contributed by atoms with Gasteiger partial charge in [0, 0.05) is 30.2 Å². The van der Waals surface area contributed by atoms with Crippen molar-refractivity contribution in [1.82, 2.24) is 4.98 Å². The lowest BCUT2D eigenvalue weighted by molar-refractivity contribution is 0.1000. The van der Waals surface area contributed by atoms with Gasteiger partial charge in [0.1, 0.15) is 10.9 Å². The van der Waals surface area contributed by atoms with Crippen molar-refractivity contribution in [3.05, 3.63) is 23.9 Å². The van der Waals surface area contributed by atoms with Crippen molar-refractivity contribution in [2.45, 2.75) is 23.1 Å². The molecule has 4 nitrogen and oxygen atoms in total. The highest BCUT2D eigenvalue weighted by Crippen LogP contribution is 2.30. The van der Waals surface area contributed by atoms with Crippen LogP contribution < -0.4 is 5.73 Å². The summed E-state index contributed by atoms with van der Waals surface area (Å²) < 4.78 is 5.31. The van der Waals surface area contributed by atoms with Gasteiger partial charge in [0.25, 0.3) is 0 Å². The normalized spacial score (nSPS) is 17.2. The Hall–Kier alpha value is -1.07. The number of aromatic nitrogens is 1. The van der Waals surface area contributed by atoms with Gasteiger partial charge in [-0.3, -0.25) is 5.41 Å². The van der Waals surface area contributed by atoms with E-state index >= 15 is 0 Å². The van der Waals surface area contributed by atoms with E-state index in [0.29, 0.717) is 5.25 Å². The molecule has 16 heavy (non-hydrogen) atoms. The van der Waals surface area contributed by atoms with Crippen molar-refractivity contribution in [2.75, 3.05) is 13.2 Å². The molecule has 0 aliphatic carbocycles. The predicted octanol–water partition coefficient (Wildman–Crippen LogP) is 1.64. The van der Waals surface area contributed by atoms with E-state index in [4.69, 9.17) is 15.9 Å². The van der Waals surface area contributed by atoms with Crippen molar-refractivity contribution in [3.8, 4) is 0 Å². The highest BCUT2D eigenvalue weighted by atomic mass is 32.2. The SMILES string of the molecule is N=C(N)c1cccnc1SC1CCOCC1. The molecule has 1 aliphatic heterocycles. The summed E-state index contributed by atoms with van der Waals surface area (Å²) in [7, 11) is 0. The summed E-state index contributed by atoms with van der Waals surface area (Å²) in [5.41, 5.74) is 6.26. The number of thioether (sulfide) groups is 1. The highest BCUT2D eigenvalue weighted by molar-refractivity contribution is 7.99. The lowest BCUT2D eigenvalue weighted by Gasteiger charge is -2.21. The van der Waals surface area contributed by atoms with Crippen molar-refractivity contribution < 1.29 is 4.74 Å². The molecular formula is C11H15N3OS. The van der Waals surface area contributed by atoms with E-state index in [-0.39, 0.29) is 5.84 Å². The minimum atomic E-state index is 0.0858. The minimum Gasteiger partial charge on any atom is -0.384 e. The third-order valence-corrected chi connectivity index (χ3v) is 3.86. The number of hydrogen-bond acceptors (Lipinski definition) is 4. The summed E-state index contributed by atoms with van der Waals surface area (Å²) in [5, 5.41) is 8.89. The summed E-state index contributed by atoms with van der Waals surface area (Å²) in [4.78, 5) is 4.30. The first-order valence-electron chi connectivity index (χ1n) is 5.31. The summed E-state index contributed by atoms with van der Waals surface area (Å²) in [6, 6.07) is 3.65. The number of rotatable bonds is 3. The van der Waals surface area contributed by atoms with E-state index in [1.54, 1.807) is 18.0 Å². The third-order valence-electron chi connectivity index (χ3n) is 2.51. The molecule has 1 fully saturated rings. The summed E-state index contributed by atoms with van der Waals surface area (Å²) in [6.45, 7) is 1.64. The number of pyridine rings is 1. The van der Waals surface area contributed by atoms with Gasteiger partial charge in [-0.25, -0.2) is 4.98 Å². The fourth-order valence-electron chi connectivity index (χ4n) is 1.64. The van der Waals surface area contributed by atoms with Crippen LogP contribution in [-0.2, 0) is 4.74 Å². The van der Waals surface area contributed by atoms with Crippen LogP contribution in [0.2, 0.25) is 0 Å². The molecular weight excluding hydrogens is 222 g/mol. The van der Waals surface area contributed by atoms with Gasteiger partial charge in [-0.2, -0.15) is 0 Å². The van der Waals surface area contributed by atoms with E-state index in [0.717, 1.165) is 36.6 Å². The van der Waals surface area contributed by atoms with Crippen LogP contribution in [0.3, 0.4) is 0 Å². The monoisotopic (exact) mass is 237 g/mol. The van der Waals surface area contributed by atoms with E-state index in [9.17, 15) is 0 Å². The molecule has 1 saturated heterocycles. The maximum absolute atomic E-state index is 7.49. The maximum atomic E-state index is 7.49. The van der Waals surface area contributed by atoms with Crippen LogP contribution in [0.1, 0.15) is 18.4 Å². The van der Waals surface area contributed by atoms with Gasteiger partial charge in [-0.05, 0) is 25.0 Å². The molecule has 0 spiro atoms. The zero-order valence-electron chi connectivity index (χ0n) is 8.98. The van der Waals surface area contributed by atoms with Crippen LogP contribution in [0.15, 0.2) is 23.4 Å². The van der Waals surface area contributed by atoms with Crippen LogP contribution in [0, 0.1) is 5.41 Å². The minimum absolute atomic E-state index is 0.0858. The zero-order valence-corrected chi connectivity index (χ0v) is 9.80. The van der Waals surface area contributed by atoms with Gasteiger partial charge in [0.15, 0.2) is 0 Å². The molecule has 0 saturated carbocycles. The Morgan fingerprint density at radius 3 is 2.94 bits per heavy atom. The largest absolute Gasteiger partial charge is 0.384 e. The van der Waals surface area contributed by atoms with Crippen LogP contribution in [0.4, 0.5) is 0 Å². The Morgan fingerprint density at radius 2 is 2.25 bits per heavy atom. The van der Waals surface area contributed by atoms with Gasteiger partial charge >= 0.3 is 0 Å². The lowest BCUT2D eigenvalue weighted by atomic mass is 10.2. The van der Waals surface area contributed by atoms with Crippen LogP contribution in [0.5, 0.6) is 0 Å². The number of hydrogen-bond donors (Lipinski definition) is 2. The molecule has 86 valence electrons. The number of amidine groups is 1. The van der Waals surface area contributed by atoms with Gasteiger partial charge in [-0.1, -0.05) is 0 Å². The molecule has 0 radical (unpaired) electrons. The fourth-order valence-corrected chi connectivity index (χ4v) is 2.81. The predicted molar refractivity (Wildman–Crippen MR) is 65.0 cm³/mol. The lowest BCUT2D eigenvalue weighted by Crippen LogP contribution is -2.19. The molecule has 5 heteroatoms. The van der Waals surface area contributed by atoms with Crippen LogP contribution >= 0.6 is 11.8 Å². The second kappa shape index (κ2) is 5.32. The Balaban J connectivity index is 2.10. The first kappa shape index (κ1) is 11.4.